The molecule has 0 saturated carbocycles. The number of sulfone groups is 1. The molecular formula is C20H24N4O4S2. The number of carbonyl (C=O) groups excluding carboxylic acids is 1. The van der Waals surface area contributed by atoms with Crippen LogP contribution in [-0.2, 0) is 21.2 Å². The van der Waals surface area contributed by atoms with Crippen LogP contribution in [0.5, 0.6) is 0 Å². The van der Waals surface area contributed by atoms with Crippen molar-refractivity contribution in [2.24, 2.45) is 0 Å². The molecule has 0 spiro atoms. The zero-order chi connectivity index (χ0) is 21.5. The number of benzene rings is 1. The molecule has 1 atom stereocenters. The molecule has 3 aromatic rings. The van der Waals surface area contributed by atoms with Crippen molar-refractivity contribution in [1.82, 2.24) is 19.7 Å². The highest BCUT2D eigenvalue weighted by atomic mass is 32.2. The third kappa shape index (κ3) is 4.24. The van der Waals surface area contributed by atoms with Gasteiger partial charge in [-0.1, -0.05) is 23.9 Å². The van der Waals surface area contributed by atoms with Crippen LogP contribution in [0.2, 0.25) is 0 Å². The van der Waals surface area contributed by atoms with Crippen LogP contribution in [0, 0.1) is 13.8 Å². The number of fused-ring (bicyclic) bond motifs is 1. The lowest BCUT2D eigenvalue weighted by atomic mass is 10.1. The first-order valence-corrected chi connectivity index (χ1v) is 12.5. The average molecular weight is 449 g/mol. The second-order valence-electron chi connectivity index (χ2n) is 7.64. The molecule has 4 rings (SSSR count). The van der Waals surface area contributed by atoms with Crippen molar-refractivity contribution in [3.8, 4) is 0 Å². The molecular weight excluding hydrogens is 424 g/mol. The molecule has 2 aromatic heterocycles. The van der Waals surface area contributed by atoms with E-state index in [1.165, 1.54) is 11.8 Å². The van der Waals surface area contributed by atoms with Gasteiger partial charge in [0, 0.05) is 24.8 Å². The van der Waals surface area contributed by atoms with Gasteiger partial charge in [-0.3, -0.25) is 9.48 Å². The highest BCUT2D eigenvalue weighted by Crippen LogP contribution is 2.28. The molecule has 10 heteroatoms. The standard InChI is InChI=1S/C20H24N4O4S2/c1-13-16(14(2)24(22-13)15-8-9-30(26,27)12-15)10-23(3)19(25)11-29-20-21-17-6-4-5-7-18(17)28-20/h4-7,15H,8-12H2,1-3H3/t15-/m1/s1. The van der Waals surface area contributed by atoms with Crippen molar-refractivity contribution in [2.45, 2.75) is 38.1 Å². The van der Waals surface area contributed by atoms with Crippen LogP contribution in [0.3, 0.4) is 0 Å². The predicted octanol–water partition coefficient (Wildman–Crippen LogP) is 2.75. The van der Waals surface area contributed by atoms with E-state index in [9.17, 15) is 13.2 Å². The lowest BCUT2D eigenvalue weighted by Gasteiger charge is -2.17. The Bertz CT molecular complexity index is 1170. The summed E-state index contributed by atoms with van der Waals surface area (Å²) in [6.45, 7) is 4.25. The average Bonchev–Trinajstić information content (AvgIpc) is 3.36. The van der Waals surface area contributed by atoms with Gasteiger partial charge in [0.25, 0.3) is 5.22 Å². The number of amides is 1. The van der Waals surface area contributed by atoms with Crippen LogP contribution in [0.4, 0.5) is 0 Å². The molecule has 3 heterocycles. The molecule has 1 amide bonds. The van der Waals surface area contributed by atoms with E-state index in [2.05, 4.69) is 10.1 Å². The molecule has 1 fully saturated rings. The number of para-hydroxylation sites is 2. The Morgan fingerprint density at radius 2 is 2.10 bits per heavy atom. The van der Waals surface area contributed by atoms with Crippen LogP contribution in [-0.4, -0.2) is 58.3 Å². The van der Waals surface area contributed by atoms with Crippen LogP contribution in [0.15, 0.2) is 33.9 Å². The predicted molar refractivity (Wildman–Crippen MR) is 115 cm³/mol. The summed E-state index contributed by atoms with van der Waals surface area (Å²) in [5.41, 5.74) is 4.17. The third-order valence-corrected chi connectivity index (χ3v) is 8.01. The number of hydrogen-bond acceptors (Lipinski definition) is 7. The minimum atomic E-state index is -2.99. The number of oxazole rings is 1. The van der Waals surface area contributed by atoms with Gasteiger partial charge in [0.1, 0.15) is 5.52 Å². The number of thioether (sulfide) groups is 1. The van der Waals surface area contributed by atoms with Crippen molar-refractivity contribution in [1.29, 1.82) is 0 Å². The highest BCUT2D eigenvalue weighted by Gasteiger charge is 2.31. The number of carbonyl (C=O) groups is 1. The van der Waals surface area contributed by atoms with Crippen molar-refractivity contribution < 1.29 is 17.6 Å². The van der Waals surface area contributed by atoms with Crippen molar-refractivity contribution in [3.05, 3.63) is 41.2 Å². The molecule has 1 aliphatic heterocycles. The molecule has 1 saturated heterocycles. The Hall–Kier alpha value is -2.33. The van der Waals surface area contributed by atoms with Gasteiger partial charge in [-0.15, -0.1) is 0 Å². The van der Waals surface area contributed by atoms with E-state index in [-0.39, 0.29) is 29.2 Å². The maximum Gasteiger partial charge on any atom is 0.257 e. The maximum absolute atomic E-state index is 12.6. The quantitative estimate of drug-likeness (QED) is 0.535. The van der Waals surface area contributed by atoms with Gasteiger partial charge in [0.15, 0.2) is 15.4 Å². The fourth-order valence-electron chi connectivity index (χ4n) is 3.72. The summed E-state index contributed by atoms with van der Waals surface area (Å²) >= 11 is 1.27. The normalized spacial score (nSPS) is 18.2. The summed E-state index contributed by atoms with van der Waals surface area (Å²) in [7, 11) is -1.23. The van der Waals surface area contributed by atoms with Gasteiger partial charge in [0.05, 0.1) is 29.0 Å². The third-order valence-electron chi connectivity index (χ3n) is 5.44. The van der Waals surface area contributed by atoms with E-state index >= 15 is 0 Å². The summed E-state index contributed by atoms with van der Waals surface area (Å²) in [6, 6.07) is 7.36. The Morgan fingerprint density at radius 1 is 1.33 bits per heavy atom. The first-order chi connectivity index (χ1) is 14.2. The molecule has 160 valence electrons. The van der Waals surface area contributed by atoms with E-state index < -0.39 is 9.84 Å². The van der Waals surface area contributed by atoms with Gasteiger partial charge in [-0.2, -0.15) is 5.10 Å². The fraction of sp³-hybridized carbons (Fsp3) is 0.450. The van der Waals surface area contributed by atoms with E-state index in [0.29, 0.717) is 23.8 Å². The number of hydrogen-bond donors (Lipinski definition) is 0. The van der Waals surface area contributed by atoms with Crippen molar-refractivity contribution in [2.75, 3.05) is 24.3 Å². The molecule has 0 aliphatic carbocycles. The van der Waals surface area contributed by atoms with Gasteiger partial charge in [-0.05, 0) is 32.4 Å². The molecule has 0 N–H and O–H groups in total. The molecule has 1 aliphatic rings. The highest BCUT2D eigenvalue weighted by molar-refractivity contribution is 7.99. The molecule has 30 heavy (non-hydrogen) atoms. The van der Waals surface area contributed by atoms with E-state index in [1.807, 2.05) is 42.8 Å². The van der Waals surface area contributed by atoms with Crippen LogP contribution >= 0.6 is 11.8 Å². The molecule has 0 unspecified atom stereocenters. The summed E-state index contributed by atoms with van der Waals surface area (Å²) in [5, 5.41) is 5.04. The molecule has 0 radical (unpaired) electrons. The smallest absolute Gasteiger partial charge is 0.257 e. The van der Waals surface area contributed by atoms with Crippen molar-refractivity contribution >= 4 is 38.6 Å². The van der Waals surface area contributed by atoms with Crippen LogP contribution in [0.1, 0.15) is 29.4 Å². The molecule has 0 bridgehead atoms. The number of nitrogens with zero attached hydrogens (tertiary/aromatic N) is 4. The lowest BCUT2D eigenvalue weighted by molar-refractivity contribution is -0.127. The summed E-state index contributed by atoms with van der Waals surface area (Å²) in [6.07, 6.45) is 0.583. The van der Waals surface area contributed by atoms with Gasteiger partial charge in [0.2, 0.25) is 5.91 Å². The monoisotopic (exact) mass is 448 g/mol. The summed E-state index contributed by atoms with van der Waals surface area (Å²) in [4.78, 5) is 18.7. The maximum atomic E-state index is 12.6. The van der Waals surface area contributed by atoms with Gasteiger partial charge in [-0.25, -0.2) is 13.4 Å². The second-order valence-corrected chi connectivity index (χ2v) is 10.8. The minimum Gasteiger partial charge on any atom is -0.431 e. The minimum absolute atomic E-state index is 0.0442. The topological polar surface area (TPSA) is 98.3 Å². The van der Waals surface area contributed by atoms with E-state index in [4.69, 9.17) is 4.42 Å². The number of aryl methyl sites for hydroxylation is 1. The largest absolute Gasteiger partial charge is 0.431 e. The SMILES string of the molecule is Cc1nn([C@@H]2CCS(=O)(=O)C2)c(C)c1CN(C)C(=O)CSc1nc2ccccc2o1. The Kier molecular flexibility index (Phi) is 5.63. The molecule has 8 nitrogen and oxygen atoms in total. The van der Waals surface area contributed by atoms with E-state index in [0.717, 1.165) is 22.5 Å². The van der Waals surface area contributed by atoms with Gasteiger partial charge >= 0.3 is 0 Å². The fourth-order valence-corrected chi connectivity index (χ4v) is 6.19. The first kappa shape index (κ1) is 20.9. The zero-order valence-corrected chi connectivity index (χ0v) is 18.8. The van der Waals surface area contributed by atoms with Crippen LogP contribution < -0.4 is 0 Å². The Morgan fingerprint density at radius 3 is 2.80 bits per heavy atom. The van der Waals surface area contributed by atoms with Crippen LogP contribution in [0.25, 0.3) is 11.1 Å². The molecule has 1 aromatic carbocycles. The summed E-state index contributed by atoms with van der Waals surface area (Å²) < 4.78 is 31.1. The van der Waals surface area contributed by atoms with Gasteiger partial charge < -0.3 is 9.32 Å². The lowest BCUT2D eigenvalue weighted by Crippen LogP contribution is -2.28. The Labute approximate surface area is 179 Å². The Balaban J connectivity index is 1.40. The van der Waals surface area contributed by atoms with E-state index in [1.54, 1.807) is 11.9 Å². The van der Waals surface area contributed by atoms with Crippen molar-refractivity contribution in [3.63, 3.8) is 0 Å². The first-order valence-electron chi connectivity index (χ1n) is 9.71. The summed E-state index contributed by atoms with van der Waals surface area (Å²) in [5.74, 6) is 0.509. The number of aromatic nitrogens is 3. The zero-order valence-electron chi connectivity index (χ0n) is 17.2. The number of rotatable bonds is 6. The second kappa shape index (κ2) is 8.07.